The second kappa shape index (κ2) is 13.0. The highest BCUT2D eigenvalue weighted by molar-refractivity contribution is 5.72. The average Bonchev–Trinajstić information content (AvgIpc) is 2.84. The van der Waals surface area contributed by atoms with Crippen LogP contribution in [0.15, 0.2) is 60.7 Å². The summed E-state index contributed by atoms with van der Waals surface area (Å²) in [6, 6.07) is 17.4. The van der Waals surface area contributed by atoms with Gasteiger partial charge in [-0.3, -0.25) is 0 Å². The van der Waals surface area contributed by atoms with Gasteiger partial charge in [-0.2, -0.15) is 0 Å². The van der Waals surface area contributed by atoms with Gasteiger partial charge in [-0.1, -0.05) is 81.8 Å². The van der Waals surface area contributed by atoms with Crippen molar-refractivity contribution >= 4 is 0 Å². The smallest absolute Gasteiger partial charge is 0.167 e. The highest BCUT2D eigenvalue weighted by Crippen LogP contribution is 2.33. The van der Waals surface area contributed by atoms with E-state index in [2.05, 4.69) is 6.92 Å². The molecule has 0 aliphatic rings. The summed E-state index contributed by atoms with van der Waals surface area (Å²) in [7, 11) is 0. The van der Waals surface area contributed by atoms with E-state index < -0.39 is 11.6 Å². The Morgan fingerprint density at radius 3 is 1.48 bits per heavy atom. The van der Waals surface area contributed by atoms with E-state index in [-0.39, 0.29) is 11.1 Å². The van der Waals surface area contributed by atoms with Crippen molar-refractivity contribution in [3.05, 3.63) is 72.3 Å². The first-order valence-corrected chi connectivity index (χ1v) is 12.1. The third-order valence-corrected chi connectivity index (χ3v) is 5.74. The van der Waals surface area contributed by atoms with Crippen LogP contribution >= 0.6 is 0 Å². The summed E-state index contributed by atoms with van der Waals surface area (Å²) in [5.74, 6) is -0.251. The van der Waals surface area contributed by atoms with Gasteiger partial charge < -0.3 is 9.47 Å². The topological polar surface area (TPSA) is 18.5 Å². The summed E-state index contributed by atoms with van der Waals surface area (Å²) in [5, 5.41) is 0. The Morgan fingerprint density at radius 1 is 0.545 bits per heavy atom. The van der Waals surface area contributed by atoms with Gasteiger partial charge in [-0.15, -0.1) is 0 Å². The minimum atomic E-state index is -0.851. The summed E-state index contributed by atoms with van der Waals surface area (Å²) in [6.07, 6.45) is 8.65. The molecule has 3 aromatic rings. The quantitative estimate of drug-likeness (QED) is 0.241. The molecular weight excluding hydrogens is 418 g/mol. The molecule has 176 valence electrons. The van der Waals surface area contributed by atoms with Gasteiger partial charge in [0.15, 0.2) is 11.6 Å². The molecule has 2 nitrogen and oxygen atoms in total. The molecule has 0 aliphatic heterocycles. The van der Waals surface area contributed by atoms with Gasteiger partial charge in [0.2, 0.25) is 0 Å². The molecule has 33 heavy (non-hydrogen) atoms. The predicted octanol–water partition coefficient (Wildman–Crippen LogP) is 8.83. The predicted molar refractivity (Wildman–Crippen MR) is 132 cm³/mol. The van der Waals surface area contributed by atoms with E-state index in [1.54, 1.807) is 48.5 Å². The maximum atomic E-state index is 14.9. The number of hydrogen-bond donors (Lipinski definition) is 0. The molecule has 0 spiro atoms. The van der Waals surface area contributed by atoms with Crippen LogP contribution in [0.4, 0.5) is 8.78 Å². The van der Waals surface area contributed by atoms with Gasteiger partial charge in [-0.25, -0.2) is 8.78 Å². The van der Waals surface area contributed by atoms with Gasteiger partial charge in [0.1, 0.15) is 11.5 Å². The van der Waals surface area contributed by atoms with E-state index in [0.29, 0.717) is 30.1 Å². The Labute approximate surface area is 196 Å². The summed E-state index contributed by atoms with van der Waals surface area (Å²) in [6.45, 7) is 5.35. The fraction of sp³-hybridized carbons (Fsp3) is 0.379. The van der Waals surface area contributed by atoms with Crippen molar-refractivity contribution in [2.24, 2.45) is 0 Å². The van der Waals surface area contributed by atoms with E-state index in [0.717, 1.165) is 12.2 Å². The molecule has 0 unspecified atom stereocenters. The third kappa shape index (κ3) is 7.05. The molecule has 0 amide bonds. The standard InChI is InChI=1S/C29H34F2O2/c1-3-5-6-7-8-9-10-21-33-25-17-13-23(14-18-25)27-20-19-26(28(30)29(27)31)22-11-15-24(16-12-22)32-4-2/h11-20H,3-10,21H2,1-2H3. The van der Waals surface area contributed by atoms with Crippen LogP contribution < -0.4 is 9.47 Å². The normalized spacial score (nSPS) is 10.9. The zero-order valence-electron chi connectivity index (χ0n) is 19.7. The maximum Gasteiger partial charge on any atom is 0.167 e. The minimum absolute atomic E-state index is 0.231. The monoisotopic (exact) mass is 452 g/mol. The molecule has 4 heteroatoms. The lowest BCUT2D eigenvalue weighted by molar-refractivity contribution is 0.304. The highest BCUT2D eigenvalue weighted by Gasteiger charge is 2.16. The second-order valence-corrected chi connectivity index (χ2v) is 8.24. The Hall–Kier alpha value is -2.88. The van der Waals surface area contributed by atoms with Crippen molar-refractivity contribution in [3.8, 4) is 33.8 Å². The molecule has 3 rings (SSSR count). The highest BCUT2D eigenvalue weighted by atomic mass is 19.2. The van der Waals surface area contributed by atoms with Gasteiger partial charge in [0, 0.05) is 11.1 Å². The summed E-state index contributed by atoms with van der Waals surface area (Å²) in [5.41, 5.74) is 1.69. The Kier molecular flexibility index (Phi) is 9.74. The van der Waals surface area contributed by atoms with Crippen molar-refractivity contribution in [2.45, 2.75) is 58.8 Å². The van der Waals surface area contributed by atoms with E-state index in [1.807, 2.05) is 19.1 Å². The molecule has 0 radical (unpaired) electrons. The average molecular weight is 453 g/mol. The molecule has 0 saturated carbocycles. The first kappa shape index (κ1) is 24.8. The Morgan fingerprint density at radius 2 is 1.00 bits per heavy atom. The summed E-state index contributed by atoms with van der Waals surface area (Å²) >= 11 is 0. The molecule has 0 fully saturated rings. The van der Waals surface area contributed by atoms with Crippen LogP contribution in [-0.2, 0) is 0 Å². The first-order chi connectivity index (χ1) is 16.1. The zero-order valence-corrected chi connectivity index (χ0v) is 19.7. The van der Waals surface area contributed by atoms with Crippen LogP contribution in [0.5, 0.6) is 11.5 Å². The molecule has 0 aromatic heterocycles. The van der Waals surface area contributed by atoms with Crippen LogP contribution in [0.25, 0.3) is 22.3 Å². The van der Waals surface area contributed by atoms with Gasteiger partial charge in [0.05, 0.1) is 13.2 Å². The molecule has 0 N–H and O–H groups in total. The van der Waals surface area contributed by atoms with Crippen LogP contribution in [0, 0.1) is 11.6 Å². The van der Waals surface area contributed by atoms with Gasteiger partial charge >= 0.3 is 0 Å². The molecular formula is C29H34F2O2. The summed E-state index contributed by atoms with van der Waals surface area (Å²) < 4.78 is 41.0. The van der Waals surface area contributed by atoms with E-state index >= 15 is 0 Å². The Bertz CT molecular complexity index is 982. The number of halogens is 2. The molecule has 0 atom stereocenters. The number of rotatable bonds is 13. The summed E-state index contributed by atoms with van der Waals surface area (Å²) in [4.78, 5) is 0. The molecule has 3 aromatic carbocycles. The lowest BCUT2D eigenvalue weighted by Gasteiger charge is -2.11. The zero-order chi connectivity index (χ0) is 23.5. The minimum Gasteiger partial charge on any atom is -0.494 e. The number of benzene rings is 3. The van der Waals surface area contributed by atoms with Crippen molar-refractivity contribution in [1.82, 2.24) is 0 Å². The van der Waals surface area contributed by atoms with Gasteiger partial charge in [-0.05, 0) is 48.7 Å². The van der Waals surface area contributed by atoms with Crippen LogP contribution in [0.1, 0.15) is 58.8 Å². The maximum absolute atomic E-state index is 14.9. The van der Waals surface area contributed by atoms with E-state index in [4.69, 9.17) is 9.47 Å². The SMILES string of the molecule is CCCCCCCCCOc1ccc(-c2ccc(-c3ccc(OCC)cc3)c(F)c2F)cc1. The molecule has 0 saturated heterocycles. The van der Waals surface area contributed by atoms with E-state index in [1.165, 1.54) is 38.5 Å². The van der Waals surface area contributed by atoms with E-state index in [9.17, 15) is 8.78 Å². The van der Waals surface area contributed by atoms with Crippen molar-refractivity contribution in [2.75, 3.05) is 13.2 Å². The second-order valence-electron chi connectivity index (χ2n) is 8.24. The number of ether oxygens (including phenoxy) is 2. The fourth-order valence-electron chi connectivity index (χ4n) is 3.87. The van der Waals surface area contributed by atoms with Crippen molar-refractivity contribution in [1.29, 1.82) is 0 Å². The lowest BCUT2D eigenvalue weighted by Crippen LogP contribution is -1.98. The first-order valence-electron chi connectivity index (χ1n) is 12.1. The van der Waals surface area contributed by atoms with Crippen LogP contribution in [0.3, 0.4) is 0 Å². The molecule has 0 bridgehead atoms. The van der Waals surface area contributed by atoms with Crippen molar-refractivity contribution in [3.63, 3.8) is 0 Å². The largest absolute Gasteiger partial charge is 0.494 e. The Balaban J connectivity index is 1.59. The molecule has 0 heterocycles. The number of hydrogen-bond acceptors (Lipinski definition) is 2. The van der Waals surface area contributed by atoms with Crippen molar-refractivity contribution < 1.29 is 18.3 Å². The van der Waals surface area contributed by atoms with Gasteiger partial charge in [0.25, 0.3) is 0 Å². The third-order valence-electron chi connectivity index (χ3n) is 5.74. The fourth-order valence-corrected chi connectivity index (χ4v) is 3.87. The van der Waals surface area contributed by atoms with Crippen LogP contribution in [-0.4, -0.2) is 13.2 Å². The lowest BCUT2D eigenvalue weighted by atomic mass is 9.98. The number of unbranched alkanes of at least 4 members (excludes halogenated alkanes) is 6. The molecule has 0 aliphatic carbocycles. The van der Waals surface area contributed by atoms with Crippen LogP contribution in [0.2, 0.25) is 0 Å².